The second-order valence-corrected chi connectivity index (χ2v) is 8.83. The van der Waals surface area contributed by atoms with Crippen LogP contribution < -0.4 is 15.4 Å². The van der Waals surface area contributed by atoms with Gasteiger partial charge in [-0.25, -0.2) is 4.79 Å². The van der Waals surface area contributed by atoms with Crippen LogP contribution in [0.4, 0.5) is 10.5 Å². The molecule has 0 aliphatic carbocycles. The normalized spacial score (nSPS) is 22.4. The summed E-state index contributed by atoms with van der Waals surface area (Å²) in [6.07, 6.45) is 3.63. The van der Waals surface area contributed by atoms with Gasteiger partial charge >= 0.3 is 6.09 Å². The number of amides is 2. The van der Waals surface area contributed by atoms with E-state index in [9.17, 15) is 9.59 Å². The van der Waals surface area contributed by atoms with Crippen LogP contribution in [-0.2, 0) is 9.53 Å². The van der Waals surface area contributed by atoms with Crippen LogP contribution in [0.15, 0.2) is 36.4 Å². The number of hydrogen-bond acceptors (Lipinski definition) is 4. The van der Waals surface area contributed by atoms with Crippen molar-refractivity contribution in [3.05, 3.63) is 42.0 Å². The Balaban J connectivity index is 2.38. The van der Waals surface area contributed by atoms with Gasteiger partial charge in [-0.15, -0.1) is 0 Å². The van der Waals surface area contributed by atoms with Gasteiger partial charge in [-0.05, 0) is 63.8 Å². The lowest BCUT2D eigenvalue weighted by Crippen LogP contribution is -2.40. The number of anilines is 1. The number of ether oxygens (including phenoxy) is 2. The molecule has 0 saturated heterocycles. The number of hydrogen-bond donors (Lipinski definition) is 2. The van der Waals surface area contributed by atoms with Crippen molar-refractivity contribution in [1.82, 2.24) is 5.32 Å². The smallest absolute Gasteiger partial charge is 0.408 e. The molecular formula is C24H34N2O4. The zero-order valence-electron chi connectivity index (χ0n) is 18.9. The minimum absolute atomic E-state index is 0.0339. The first-order chi connectivity index (χ1) is 14.0. The molecular weight excluding hydrogens is 380 g/mol. The SMILES string of the molecule is C=C1/C=C(\C)c2ccc(OC)cc2NC(=O)C(C)CCCC1NC(=O)OC(C)(C)C. The van der Waals surface area contributed by atoms with Crippen LogP contribution in [0.2, 0.25) is 0 Å². The summed E-state index contributed by atoms with van der Waals surface area (Å²) in [5.41, 5.74) is 2.73. The summed E-state index contributed by atoms with van der Waals surface area (Å²) in [6, 6.07) is 5.32. The van der Waals surface area contributed by atoms with E-state index in [0.717, 1.165) is 23.1 Å². The van der Waals surface area contributed by atoms with Crippen LogP contribution in [0, 0.1) is 5.92 Å². The molecule has 1 heterocycles. The molecule has 0 saturated carbocycles. The number of methoxy groups -OCH3 is 1. The molecule has 1 aliphatic rings. The third kappa shape index (κ3) is 6.65. The van der Waals surface area contributed by atoms with Crippen LogP contribution in [0.25, 0.3) is 5.57 Å². The third-order valence-electron chi connectivity index (χ3n) is 5.03. The topological polar surface area (TPSA) is 76.7 Å². The average molecular weight is 415 g/mol. The highest BCUT2D eigenvalue weighted by molar-refractivity contribution is 5.95. The Kier molecular flexibility index (Phi) is 7.71. The van der Waals surface area contributed by atoms with Gasteiger partial charge in [-0.1, -0.05) is 26.0 Å². The van der Waals surface area contributed by atoms with Crippen LogP contribution in [0.5, 0.6) is 5.75 Å². The maximum absolute atomic E-state index is 12.7. The second kappa shape index (κ2) is 9.83. The molecule has 0 bridgehead atoms. The molecule has 1 aliphatic heterocycles. The van der Waals surface area contributed by atoms with Crippen LogP contribution in [-0.4, -0.2) is 30.8 Å². The van der Waals surface area contributed by atoms with Crippen molar-refractivity contribution in [2.24, 2.45) is 5.92 Å². The highest BCUT2D eigenvalue weighted by Crippen LogP contribution is 2.31. The van der Waals surface area contributed by atoms with E-state index in [-0.39, 0.29) is 17.9 Å². The van der Waals surface area contributed by atoms with Gasteiger partial charge in [0.25, 0.3) is 0 Å². The number of allylic oxidation sites excluding steroid dienone is 1. The number of nitrogens with one attached hydrogen (secondary N) is 2. The molecule has 164 valence electrons. The first-order valence-electron chi connectivity index (χ1n) is 10.4. The predicted molar refractivity (Wildman–Crippen MR) is 121 cm³/mol. The first-order valence-corrected chi connectivity index (χ1v) is 10.4. The van der Waals surface area contributed by atoms with E-state index in [1.807, 2.05) is 58.9 Å². The molecule has 30 heavy (non-hydrogen) atoms. The van der Waals surface area contributed by atoms with Gasteiger partial charge in [-0.3, -0.25) is 4.79 Å². The molecule has 6 nitrogen and oxygen atoms in total. The van der Waals surface area contributed by atoms with Crippen molar-refractivity contribution in [1.29, 1.82) is 0 Å². The first kappa shape index (κ1) is 23.5. The summed E-state index contributed by atoms with van der Waals surface area (Å²) in [6.45, 7) is 13.6. The lowest BCUT2D eigenvalue weighted by atomic mass is 9.93. The van der Waals surface area contributed by atoms with Gasteiger partial charge in [-0.2, -0.15) is 0 Å². The maximum atomic E-state index is 12.7. The van der Waals surface area contributed by atoms with Crippen molar-refractivity contribution in [3.8, 4) is 5.75 Å². The van der Waals surface area contributed by atoms with Crippen molar-refractivity contribution >= 4 is 23.3 Å². The number of benzene rings is 1. The molecule has 2 unspecified atom stereocenters. The van der Waals surface area contributed by atoms with Crippen LogP contribution >= 0.6 is 0 Å². The zero-order valence-corrected chi connectivity index (χ0v) is 18.9. The number of rotatable bonds is 2. The molecule has 2 N–H and O–H groups in total. The van der Waals surface area contributed by atoms with E-state index >= 15 is 0 Å². The molecule has 0 spiro atoms. The summed E-state index contributed by atoms with van der Waals surface area (Å²) < 4.78 is 10.7. The summed E-state index contributed by atoms with van der Waals surface area (Å²) in [4.78, 5) is 25.0. The highest BCUT2D eigenvalue weighted by Gasteiger charge is 2.23. The van der Waals surface area contributed by atoms with E-state index in [0.29, 0.717) is 24.3 Å². The Morgan fingerprint density at radius 2 is 1.97 bits per heavy atom. The lowest BCUT2D eigenvalue weighted by Gasteiger charge is -2.25. The van der Waals surface area contributed by atoms with Crippen LogP contribution in [0.1, 0.15) is 59.4 Å². The minimum atomic E-state index is -0.576. The van der Waals surface area contributed by atoms with E-state index in [4.69, 9.17) is 9.47 Å². The maximum Gasteiger partial charge on any atom is 0.408 e. The Labute approximate surface area is 179 Å². The predicted octanol–water partition coefficient (Wildman–Crippen LogP) is 5.31. The number of carbonyl (C=O) groups is 2. The molecule has 1 aromatic rings. The molecule has 0 fully saturated rings. The quantitative estimate of drug-likeness (QED) is 0.688. The van der Waals surface area contributed by atoms with E-state index < -0.39 is 11.7 Å². The zero-order chi connectivity index (χ0) is 22.5. The van der Waals surface area contributed by atoms with Crippen molar-refractivity contribution in [2.45, 2.75) is 65.5 Å². The van der Waals surface area contributed by atoms with E-state index in [1.165, 1.54) is 0 Å². The van der Waals surface area contributed by atoms with E-state index in [2.05, 4.69) is 17.2 Å². The van der Waals surface area contributed by atoms with E-state index in [1.54, 1.807) is 7.11 Å². The molecule has 2 amide bonds. The molecule has 0 radical (unpaired) electrons. The summed E-state index contributed by atoms with van der Waals surface area (Å²) in [7, 11) is 1.60. The fourth-order valence-electron chi connectivity index (χ4n) is 3.37. The Morgan fingerprint density at radius 1 is 1.27 bits per heavy atom. The van der Waals surface area contributed by atoms with Gasteiger partial charge in [0.15, 0.2) is 0 Å². The Morgan fingerprint density at radius 3 is 2.60 bits per heavy atom. The van der Waals surface area contributed by atoms with Crippen LogP contribution in [0.3, 0.4) is 0 Å². The summed E-state index contributed by atoms with van der Waals surface area (Å²) >= 11 is 0. The minimum Gasteiger partial charge on any atom is -0.497 e. The van der Waals surface area contributed by atoms with Crippen molar-refractivity contribution < 1.29 is 19.1 Å². The lowest BCUT2D eigenvalue weighted by molar-refractivity contribution is -0.119. The third-order valence-corrected chi connectivity index (χ3v) is 5.03. The number of carbonyl (C=O) groups excluding carboxylic acids is 2. The summed E-state index contributed by atoms with van der Waals surface area (Å²) in [5, 5.41) is 5.98. The standard InChI is InChI=1S/C24H34N2O4/c1-15-9-8-10-20(26-23(28)30-24(4,5)6)17(3)13-16(2)19-12-11-18(29-7)14-21(19)25-22(15)27/h11-15,20H,3,8-10H2,1-2,4-7H3,(H,25,27)(H,26,28)/b16-13+. The van der Waals surface area contributed by atoms with Gasteiger partial charge in [0.05, 0.1) is 18.8 Å². The fraction of sp³-hybridized carbons (Fsp3) is 0.500. The summed E-state index contributed by atoms with van der Waals surface area (Å²) in [5.74, 6) is 0.474. The van der Waals surface area contributed by atoms with Gasteiger partial charge in [0.2, 0.25) is 5.91 Å². The van der Waals surface area contributed by atoms with Gasteiger partial charge < -0.3 is 20.1 Å². The van der Waals surface area contributed by atoms with Gasteiger partial charge in [0.1, 0.15) is 11.4 Å². The molecule has 6 heteroatoms. The monoisotopic (exact) mass is 414 g/mol. The largest absolute Gasteiger partial charge is 0.497 e. The van der Waals surface area contributed by atoms with Gasteiger partial charge in [0, 0.05) is 17.5 Å². The average Bonchev–Trinajstić information content (AvgIpc) is 2.64. The van der Waals surface area contributed by atoms with Crippen molar-refractivity contribution in [2.75, 3.05) is 12.4 Å². The number of alkyl carbamates (subject to hydrolysis) is 1. The highest BCUT2D eigenvalue weighted by atomic mass is 16.6. The number of fused-ring (bicyclic) bond motifs is 1. The Hall–Kier alpha value is -2.76. The second-order valence-electron chi connectivity index (χ2n) is 8.83. The molecule has 1 aromatic carbocycles. The molecule has 2 atom stereocenters. The molecule has 2 rings (SSSR count). The Bertz CT molecular complexity index is 836. The van der Waals surface area contributed by atoms with Crippen molar-refractivity contribution in [3.63, 3.8) is 0 Å². The molecule has 0 aromatic heterocycles. The fourth-order valence-corrected chi connectivity index (χ4v) is 3.37.